The van der Waals surface area contributed by atoms with Crippen LogP contribution in [0.25, 0.3) is 37.9 Å². The molecule has 0 N–H and O–H groups in total. The Bertz CT molecular complexity index is 1040. The third-order valence-corrected chi connectivity index (χ3v) is 4.38. The van der Waals surface area contributed by atoms with Gasteiger partial charge in [-0.3, -0.25) is 5.56 Å². The van der Waals surface area contributed by atoms with E-state index in [4.69, 9.17) is 0 Å². The van der Waals surface area contributed by atoms with Crippen molar-refractivity contribution in [3.63, 3.8) is 0 Å². The molecule has 0 spiro atoms. The fraction of sp³-hybridized carbons (Fsp3) is 0.0909. The molecular formula is C22H16Y-2. The van der Waals surface area contributed by atoms with Crippen molar-refractivity contribution >= 4 is 37.9 Å². The Labute approximate surface area is 162 Å². The Morgan fingerprint density at radius 1 is 0.826 bits per heavy atom. The van der Waals surface area contributed by atoms with Gasteiger partial charge in [0.15, 0.2) is 0 Å². The van der Waals surface area contributed by atoms with Crippen molar-refractivity contribution in [2.24, 2.45) is 0 Å². The molecule has 0 amide bonds. The van der Waals surface area contributed by atoms with Crippen LogP contribution in [-0.4, -0.2) is 0 Å². The minimum absolute atomic E-state index is 0. The molecule has 0 bridgehead atoms. The summed E-state index contributed by atoms with van der Waals surface area (Å²) in [4.78, 5) is 0. The average Bonchev–Trinajstić information content (AvgIpc) is 2.56. The standard InChI is InChI=1S/C22H16.Y/c1-3-15(2)21-10-6-9-18-13-19-11-16-7-4-5-8-17(16)12-20(19)14-22(18)21;/h4-9,11-14H,1-2H3;/q-2;. The van der Waals surface area contributed by atoms with E-state index in [1.165, 1.54) is 32.3 Å². The zero-order valence-electron chi connectivity index (χ0n) is 13.4. The van der Waals surface area contributed by atoms with Gasteiger partial charge in [0.05, 0.1) is 0 Å². The van der Waals surface area contributed by atoms with Crippen LogP contribution in [-0.2, 0) is 32.7 Å². The van der Waals surface area contributed by atoms with E-state index in [9.17, 15) is 0 Å². The molecule has 0 nitrogen and oxygen atoms in total. The van der Waals surface area contributed by atoms with E-state index in [0.717, 1.165) is 11.1 Å². The van der Waals surface area contributed by atoms with Crippen LogP contribution in [0.1, 0.15) is 19.4 Å². The van der Waals surface area contributed by atoms with Gasteiger partial charge in [0.2, 0.25) is 0 Å². The minimum atomic E-state index is 0. The van der Waals surface area contributed by atoms with Crippen LogP contribution in [0.2, 0.25) is 0 Å². The maximum absolute atomic E-state index is 3.36. The molecule has 0 heterocycles. The zero-order chi connectivity index (χ0) is 15.1. The van der Waals surface area contributed by atoms with Crippen LogP contribution in [0.15, 0.2) is 60.7 Å². The maximum atomic E-state index is 3.36. The number of hydrogen-bond donors (Lipinski definition) is 0. The molecule has 4 aromatic carbocycles. The summed E-state index contributed by atoms with van der Waals surface area (Å²) in [5.41, 5.74) is 2.29. The number of rotatable bonds is 1. The predicted octanol–water partition coefficient (Wildman–Crippen LogP) is 6.17. The first-order chi connectivity index (χ1) is 10.8. The summed E-state index contributed by atoms with van der Waals surface area (Å²) in [7, 11) is 0. The molecular weight excluding hydrogens is 353 g/mol. The molecule has 23 heavy (non-hydrogen) atoms. The molecule has 0 aromatic heterocycles. The van der Waals surface area contributed by atoms with Crippen LogP contribution in [0, 0.1) is 12.1 Å². The molecule has 0 saturated carbocycles. The van der Waals surface area contributed by atoms with Gasteiger partial charge in [-0.2, -0.15) is 11.5 Å². The quantitative estimate of drug-likeness (QED) is 0.278. The molecule has 4 aromatic rings. The van der Waals surface area contributed by atoms with Crippen LogP contribution < -0.4 is 0 Å². The Balaban J connectivity index is 0.00000156. The zero-order valence-corrected chi connectivity index (χ0v) is 16.2. The van der Waals surface area contributed by atoms with E-state index in [1.807, 2.05) is 13.0 Å². The van der Waals surface area contributed by atoms with Gasteiger partial charge in [0.1, 0.15) is 0 Å². The monoisotopic (exact) mass is 369 g/mol. The summed E-state index contributed by atoms with van der Waals surface area (Å²) in [5.74, 6) is 0. The first-order valence-electron chi connectivity index (χ1n) is 7.55. The molecule has 1 radical (unpaired) electrons. The van der Waals surface area contributed by atoms with Crippen molar-refractivity contribution < 1.29 is 32.7 Å². The molecule has 0 fully saturated rings. The number of fused-ring (bicyclic) bond motifs is 3. The molecule has 1 heteroatoms. The van der Waals surface area contributed by atoms with Crippen molar-refractivity contribution in [3.8, 4) is 0 Å². The molecule has 4 rings (SSSR count). The van der Waals surface area contributed by atoms with Gasteiger partial charge in [-0.1, -0.05) is 30.3 Å². The van der Waals surface area contributed by atoms with E-state index >= 15 is 0 Å². The van der Waals surface area contributed by atoms with Crippen molar-refractivity contribution in [3.05, 3.63) is 78.4 Å². The van der Waals surface area contributed by atoms with E-state index in [1.54, 1.807) is 0 Å². The summed E-state index contributed by atoms with van der Waals surface area (Å²) in [6.45, 7) is 4.05. The Morgan fingerprint density at radius 2 is 1.43 bits per heavy atom. The Hall–Kier alpha value is -1.50. The normalized spacial score (nSPS) is 11.8. The van der Waals surface area contributed by atoms with Crippen molar-refractivity contribution in [2.45, 2.75) is 13.8 Å². The Kier molecular flexibility index (Phi) is 4.66. The van der Waals surface area contributed by atoms with Crippen LogP contribution >= 0.6 is 0 Å². The van der Waals surface area contributed by atoms with E-state index in [2.05, 4.69) is 73.7 Å². The third-order valence-electron chi connectivity index (χ3n) is 4.38. The molecule has 109 valence electrons. The van der Waals surface area contributed by atoms with E-state index in [0.29, 0.717) is 0 Å². The van der Waals surface area contributed by atoms with Crippen LogP contribution in [0.4, 0.5) is 0 Å². The van der Waals surface area contributed by atoms with Gasteiger partial charge in [-0.05, 0) is 33.7 Å². The fourth-order valence-corrected chi connectivity index (χ4v) is 3.09. The van der Waals surface area contributed by atoms with Crippen molar-refractivity contribution in [1.82, 2.24) is 0 Å². The van der Waals surface area contributed by atoms with Crippen LogP contribution in [0.5, 0.6) is 0 Å². The van der Waals surface area contributed by atoms with Crippen molar-refractivity contribution in [2.75, 3.05) is 0 Å². The summed E-state index contributed by atoms with van der Waals surface area (Å²) in [5, 5.41) is 7.63. The fourth-order valence-electron chi connectivity index (χ4n) is 3.09. The molecule has 0 atom stereocenters. The molecule has 0 aliphatic rings. The van der Waals surface area contributed by atoms with Gasteiger partial charge in [0.25, 0.3) is 0 Å². The van der Waals surface area contributed by atoms with E-state index in [-0.39, 0.29) is 32.7 Å². The molecule has 0 aliphatic heterocycles. The summed E-state index contributed by atoms with van der Waals surface area (Å²) in [6, 6.07) is 25.1. The summed E-state index contributed by atoms with van der Waals surface area (Å²) >= 11 is 0. The summed E-state index contributed by atoms with van der Waals surface area (Å²) < 4.78 is 0. The second-order valence-electron chi connectivity index (χ2n) is 5.71. The van der Waals surface area contributed by atoms with Gasteiger partial charge in [-0.25, -0.2) is 6.07 Å². The molecule has 0 unspecified atom stereocenters. The number of hydrogen-bond acceptors (Lipinski definition) is 0. The largest absolute Gasteiger partial charge is 0.327 e. The third kappa shape index (κ3) is 2.86. The van der Waals surface area contributed by atoms with Gasteiger partial charge < -0.3 is 11.6 Å². The smallest absolute Gasteiger partial charge is 0 e. The van der Waals surface area contributed by atoms with Gasteiger partial charge >= 0.3 is 0 Å². The van der Waals surface area contributed by atoms with Gasteiger partial charge in [0, 0.05) is 32.7 Å². The van der Waals surface area contributed by atoms with Crippen molar-refractivity contribution in [1.29, 1.82) is 0 Å². The maximum Gasteiger partial charge on any atom is 0 e. The molecule has 0 aliphatic carbocycles. The summed E-state index contributed by atoms with van der Waals surface area (Å²) in [6.07, 6.45) is 3.24. The topological polar surface area (TPSA) is 0 Å². The van der Waals surface area contributed by atoms with Crippen LogP contribution in [0.3, 0.4) is 0 Å². The van der Waals surface area contributed by atoms with E-state index < -0.39 is 0 Å². The predicted molar refractivity (Wildman–Crippen MR) is 95.8 cm³/mol. The Morgan fingerprint density at radius 3 is 2.09 bits per heavy atom. The van der Waals surface area contributed by atoms with Gasteiger partial charge in [-0.15, -0.1) is 31.4 Å². The SMILES string of the molecule is C[C-]=C(C)c1[c-]ccc2cc3cc4ccccc4cc3cc12.[Y]. The second-order valence-corrected chi connectivity index (χ2v) is 5.71. The first kappa shape index (κ1) is 16.4. The molecule has 0 saturated heterocycles. The number of allylic oxidation sites excluding steroid dienone is 2. The minimum Gasteiger partial charge on any atom is -0.327 e. The average molecular weight is 369 g/mol. The second kappa shape index (κ2) is 6.55. The number of benzene rings is 4. The first-order valence-corrected chi connectivity index (χ1v) is 7.55.